The third-order valence-corrected chi connectivity index (χ3v) is 2.10. The van der Waals surface area contributed by atoms with Crippen molar-refractivity contribution < 1.29 is 13.6 Å². The smallest absolute Gasteiger partial charge is 0.223 e. The van der Waals surface area contributed by atoms with Gasteiger partial charge in [-0.15, -0.1) is 0 Å². The summed E-state index contributed by atoms with van der Waals surface area (Å²) in [5, 5.41) is 2.57. The van der Waals surface area contributed by atoms with Gasteiger partial charge in [-0.05, 0) is 12.1 Å². The molecule has 1 N–H and O–H groups in total. The third-order valence-electron chi connectivity index (χ3n) is 2.10. The molecule has 0 aliphatic heterocycles. The molecular formula is C11H14F2N2O. The minimum Gasteiger partial charge on any atom is -0.380 e. The van der Waals surface area contributed by atoms with Gasteiger partial charge in [0.15, 0.2) is 0 Å². The van der Waals surface area contributed by atoms with Gasteiger partial charge in [-0.3, -0.25) is 4.79 Å². The summed E-state index contributed by atoms with van der Waals surface area (Å²) < 4.78 is 26.3. The zero-order valence-corrected chi connectivity index (χ0v) is 9.26. The SMILES string of the molecule is CN(C)C(=O)CCNc1c(F)cccc1F. The number of nitrogens with one attached hydrogen (secondary N) is 1. The van der Waals surface area contributed by atoms with Gasteiger partial charge in [-0.2, -0.15) is 0 Å². The van der Waals surface area contributed by atoms with Gasteiger partial charge < -0.3 is 10.2 Å². The quantitative estimate of drug-likeness (QED) is 0.853. The summed E-state index contributed by atoms with van der Waals surface area (Å²) in [6, 6.07) is 3.62. The second-order valence-corrected chi connectivity index (χ2v) is 3.56. The number of hydrogen-bond acceptors (Lipinski definition) is 2. The molecule has 0 radical (unpaired) electrons. The maximum atomic E-state index is 13.1. The lowest BCUT2D eigenvalue weighted by Crippen LogP contribution is -2.24. The Kier molecular flexibility index (Phi) is 4.22. The van der Waals surface area contributed by atoms with Crippen LogP contribution < -0.4 is 5.32 Å². The van der Waals surface area contributed by atoms with E-state index < -0.39 is 11.6 Å². The number of carbonyl (C=O) groups is 1. The lowest BCUT2D eigenvalue weighted by molar-refractivity contribution is -0.128. The Bertz CT molecular complexity index is 360. The molecule has 0 spiro atoms. The van der Waals surface area contributed by atoms with Crippen molar-refractivity contribution in [3.05, 3.63) is 29.8 Å². The van der Waals surface area contributed by atoms with Crippen LogP contribution in [-0.2, 0) is 4.79 Å². The van der Waals surface area contributed by atoms with Gasteiger partial charge in [0, 0.05) is 27.1 Å². The van der Waals surface area contributed by atoms with Crippen LogP contribution in [0.5, 0.6) is 0 Å². The predicted octanol–water partition coefficient (Wildman–Crippen LogP) is 1.85. The first-order chi connectivity index (χ1) is 7.52. The first kappa shape index (κ1) is 12.4. The molecule has 0 aromatic heterocycles. The van der Waals surface area contributed by atoms with Gasteiger partial charge in [0.2, 0.25) is 5.91 Å². The Labute approximate surface area is 93.1 Å². The molecule has 0 saturated carbocycles. The molecule has 1 amide bonds. The molecule has 16 heavy (non-hydrogen) atoms. The van der Waals surface area contributed by atoms with Crippen molar-refractivity contribution in [2.75, 3.05) is 26.0 Å². The summed E-state index contributed by atoms with van der Waals surface area (Å²) in [7, 11) is 3.26. The standard InChI is InChI=1S/C11H14F2N2O/c1-15(2)10(16)6-7-14-11-8(12)4-3-5-9(11)13/h3-5,14H,6-7H2,1-2H3. The molecule has 0 saturated heterocycles. The van der Waals surface area contributed by atoms with Crippen LogP contribution in [0.1, 0.15) is 6.42 Å². The average molecular weight is 228 g/mol. The van der Waals surface area contributed by atoms with E-state index in [-0.39, 0.29) is 24.6 Å². The van der Waals surface area contributed by atoms with E-state index in [1.807, 2.05) is 0 Å². The molecule has 0 heterocycles. The summed E-state index contributed by atoms with van der Waals surface area (Å²) in [5.41, 5.74) is -0.186. The summed E-state index contributed by atoms with van der Waals surface area (Å²) >= 11 is 0. The first-order valence-corrected chi connectivity index (χ1v) is 4.90. The van der Waals surface area contributed by atoms with Crippen LogP contribution in [0.25, 0.3) is 0 Å². The van der Waals surface area contributed by atoms with Crippen molar-refractivity contribution >= 4 is 11.6 Å². The minimum absolute atomic E-state index is 0.0933. The zero-order chi connectivity index (χ0) is 12.1. The van der Waals surface area contributed by atoms with Gasteiger partial charge in [-0.1, -0.05) is 6.07 Å². The third kappa shape index (κ3) is 3.18. The molecule has 3 nitrogen and oxygen atoms in total. The van der Waals surface area contributed by atoms with Gasteiger partial charge >= 0.3 is 0 Å². The predicted molar refractivity (Wildman–Crippen MR) is 58.2 cm³/mol. The molecule has 0 fully saturated rings. The Morgan fingerprint density at radius 2 is 1.88 bits per heavy atom. The molecule has 1 aromatic rings. The van der Waals surface area contributed by atoms with E-state index in [0.29, 0.717) is 0 Å². The number of nitrogens with zero attached hydrogens (tertiary/aromatic N) is 1. The molecule has 5 heteroatoms. The van der Waals surface area contributed by atoms with Crippen molar-refractivity contribution in [3.8, 4) is 0 Å². The normalized spacial score (nSPS) is 10.0. The van der Waals surface area contributed by atoms with Crippen LogP contribution in [0.2, 0.25) is 0 Å². The highest BCUT2D eigenvalue weighted by Crippen LogP contribution is 2.17. The van der Waals surface area contributed by atoms with E-state index in [9.17, 15) is 13.6 Å². The number of carbonyl (C=O) groups excluding carboxylic acids is 1. The van der Waals surface area contributed by atoms with E-state index in [0.717, 1.165) is 0 Å². The van der Waals surface area contributed by atoms with Crippen LogP contribution in [-0.4, -0.2) is 31.4 Å². The van der Waals surface area contributed by atoms with Gasteiger partial charge in [-0.25, -0.2) is 8.78 Å². The van der Waals surface area contributed by atoms with E-state index in [1.165, 1.54) is 23.1 Å². The highest BCUT2D eigenvalue weighted by Gasteiger charge is 2.08. The fourth-order valence-corrected chi connectivity index (χ4v) is 1.18. The second kappa shape index (κ2) is 5.44. The molecule has 1 aromatic carbocycles. The maximum Gasteiger partial charge on any atom is 0.223 e. The Morgan fingerprint density at radius 3 is 2.38 bits per heavy atom. The Morgan fingerprint density at radius 1 is 1.31 bits per heavy atom. The number of benzene rings is 1. The molecule has 1 rings (SSSR count). The number of para-hydroxylation sites is 1. The summed E-state index contributed by atoms with van der Waals surface area (Å²) in [6.07, 6.45) is 0.195. The second-order valence-electron chi connectivity index (χ2n) is 3.56. The summed E-state index contributed by atoms with van der Waals surface area (Å²) in [6.45, 7) is 0.203. The number of amides is 1. The van der Waals surface area contributed by atoms with Crippen molar-refractivity contribution in [1.29, 1.82) is 0 Å². The zero-order valence-electron chi connectivity index (χ0n) is 9.26. The lowest BCUT2D eigenvalue weighted by atomic mass is 10.2. The fourth-order valence-electron chi connectivity index (χ4n) is 1.18. The highest BCUT2D eigenvalue weighted by molar-refractivity contribution is 5.76. The summed E-state index contributed by atoms with van der Waals surface area (Å²) in [5.74, 6) is -1.40. The summed E-state index contributed by atoms with van der Waals surface area (Å²) in [4.78, 5) is 12.6. The number of rotatable bonds is 4. The van der Waals surface area contributed by atoms with Gasteiger partial charge in [0.25, 0.3) is 0 Å². The maximum absolute atomic E-state index is 13.1. The highest BCUT2D eigenvalue weighted by atomic mass is 19.1. The van der Waals surface area contributed by atoms with Crippen molar-refractivity contribution in [2.24, 2.45) is 0 Å². The van der Waals surface area contributed by atoms with E-state index in [4.69, 9.17) is 0 Å². The molecule has 0 aliphatic carbocycles. The Hall–Kier alpha value is -1.65. The van der Waals surface area contributed by atoms with E-state index >= 15 is 0 Å². The van der Waals surface area contributed by atoms with Crippen LogP contribution in [0.3, 0.4) is 0 Å². The topological polar surface area (TPSA) is 32.3 Å². The lowest BCUT2D eigenvalue weighted by Gasteiger charge is -2.11. The monoisotopic (exact) mass is 228 g/mol. The average Bonchev–Trinajstić information content (AvgIpc) is 2.22. The van der Waals surface area contributed by atoms with Crippen LogP contribution in [0.15, 0.2) is 18.2 Å². The van der Waals surface area contributed by atoms with Crippen molar-refractivity contribution in [3.63, 3.8) is 0 Å². The molecular weight excluding hydrogens is 214 g/mol. The van der Waals surface area contributed by atoms with Gasteiger partial charge in [0.05, 0.1) is 0 Å². The molecule has 0 bridgehead atoms. The fraction of sp³-hybridized carbons (Fsp3) is 0.364. The van der Waals surface area contributed by atoms with E-state index in [1.54, 1.807) is 14.1 Å². The largest absolute Gasteiger partial charge is 0.380 e. The van der Waals surface area contributed by atoms with Gasteiger partial charge in [0.1, 0.15) is 17.3 Å². The number of anilines is 1. The molecule has 0 aliphatic rings. The minimum atomic E-state index is -0.655. The number of hydrogen-bond donors (Lipinski definition) is 1. The number of halogens is 2. The molecule has 0 unspecified atom stereocenters. The molecule has 0 atom stereocenters. The first-order valence-electron chi connectivity index (χ1n) is 4.90. The van der Waals surface area contributed by atoms with Crippen LogP contribution in [0.4, 0.5) is 14.5 Å². The van der Waals surface area contributed by atoms with Crippen LogP contribution in [0, 0.1) is 11.6 Å². The van der Waals surface area contributed by atoms with E-state index in [2.05, 4.69) is 5.32 Å². The molecule has 88 valence electrons. The van der Waals surface area contributed by atoms with Crippen LogP contribution >= 0.6 is 0 Å². The Balaban J connectivity index is 2.52. The van der Waals surface area contributed by atoms with Crippen molar-refractivity contribution in [1.82, 2.24) is 4.90 Å². The van der Waals surface area contributed by atoms with Crippen molar-refractivity contribution in [2.45, 2.75) is 6.42 Å².